The van der Waals surface area contributed by atoms with Gasteiger partial charge in [-0.25, -0.2) is 0 Å². The Labute approximate surface area is 404 Å². The highest BCUT2D eigenvalue weighted by molar-refractivity contribution is 5.97. The monoisotopic (exact) mass is 965 g/mol. The Balaban J connectivity index is 0.000000664. The third-order valence-electron chi connectivity index (χ3n) is 9.90. The summed E-state index contributed by atoms with van der Waals surface area (Å²) in [4.78, 5) is 62.5. The van der Waals surface area contributed by atoms with Gasteiger partial charge in [0, 0.05) is 30.1 Å². The van der Waals surface area contributed by atoms with Gasteiger partial charge in [0.05, 0.1) is 12.5 Å². The number of aryl methyl sites for hydroxylation is 2. The molecule has 0 unspecified atom stereocenters. The van der Waals surface area contributed by atoms with E-state index in [2.05, 4.69) is 31.6 Å². The van der Waals surface area contributed by atoms with Crippen molar-refractivity contribution in [2.75, 3.05) is 0 Å². The van der Waals surface area contributed by atoms with Gasteiger partial charge in [0.2, 0.25) is 23.6 Å². The topological polar surface area (TPSA) is 286 Å². The average molecular weight is 967 g/mol. The molecule has 19 heteroatoms. The van der Waals surface area contributed by atoms with Crippen molar-refractivity contribution in [2.45, 2.75) is 104 Å². The van der Waals surface area contributed by atoms with Crippen molar-refractivity contribution in [3.63, 3.8) is 0 Å². The van der Waals surface area contributed by atoms with E-state index in [1.165, 1.54) is 0 Å². The number of nitrogens with one attached hydrogen (secondary N) is 4. The number of esters is 1. The van der Waals surface area contributed by atoms with E-state index in [0.29, 0.717) is 36.8 Å². The number of benzene rings is 4. The van der Waals surface area contributed by atoms with Gasteiger partial charge in [-0.3, -0.25) is 24.0 Å². The van der Waals surface area contributed by atoms with E-state index in [1.807, 2.05) is 60.7 Å². The maximum absolute atomic E-state index is 13.0. The number of rotatable bonds is 20. The van der Waals surface area contributed by atoms with Gasteiger partial charge < -0.3 is 53.6 Å². The molecule has 0 bridgehead atoms. The van der Waals surface area contributed by atoms with Crippen molar-refractivity contribution >= 4 is 66.1 Å². The molecule has 4 aromatic rings. The molecule has 0 heterocycles. The van der Waals surface area contributed by atoms with E-state index in [9.17, 15) is 24.0 Å². The summed E-state index contributed by atoms with van der Waals surface area (Å²) in [6.07, 6.45) is 2.17. The van der Waals surface area contributed by atoms with Crippen LogP contribution in [0.1, 0.15) is 87.3 Å². The molecule has 12 N–H and O–H groups in total. The number of hydrogen-bond acceptors (Lipinski definition) is 11. The van der Waals surface area contributed by atoms with E-state index < -0.39 is 35.6 Å². The standard InChI is InChI=1S/C27H36N4O5.C21H27N5O3.2ClH/c1-18(25(33)29-17-20-11-13-21(14-12-20)24(28)31-35)30-26(34)22(16-23(32)36-27(2,3)4)15-10-19-8-6-5-7-9-19;1-14(25-21(28)18(22)12-9-15-5-3-2-4-6-15)20(27)24-13-16-7-10-17(11-8-16)19(23)26-29;;/h5-9,11-14,18,22,35H,10,15-17H2,1-4H3,(H2,28,31)(H,29,33)(H,30,34);2-8,10-11,14,18,29H,9,12-13,22H2,1H3,(H2,23,26)(H,24,27)(H,25,28);2*1H/t18-,22-;14-,18+;;/m00../s1. The highest BCUT2D eigenvalue weighted by atomic mass is 35.5. The second kappa shape index (κ2) is 29.8. The summed E-state index contributed by atoms with van der Waals surface area (Å²) in [5.74, 6) is -2.48. The lowest BCUT2D eigenvalue weighted by Gasteiger charge is -2.23. The van der Waals surface area contributed by atoms with E-state index in [-0.39, 0.29) is 79.6 Å². The number of carbonyl (C=O) groups is 5. The third-order valence-corrected chi connectivity index (χ3v) is 9.90. The Morgan fingerprint density at radius 3 is 1.36 bits per heavy atom. The fourth-order valence-corrected chi connectivity index (χ4v) is 6.16. The van der Waals surface area contributed by atoms with Crippen molar-refractivity contribution < 1.29 is 39.1 Å². The predicted molar refractivity (Wildman–Crippen MR) is 263 cm³/mol. The van der Waals surface area contributed by atoms with E-state index in [1.54, 1.807) is 83.1 Å². The van der Waals surface area contributed by atoms with Crippen LogP contribution in [-0.2, 0) is 54.6 Å². The lowest BCUT2D eigenvalue weighted by molar-refractivity contribution is -0.157. The zero-order valence-corrected chi connectivity index (χ0v) is 40.1. The average Bonchev–Trinajstić information content (AvgIpc) is 3.30. The molecular formula is C48H65Cl2N9O8. The number of carbonyl (C=O) groups excluding carboxylic acids is 5. The van der Waals surface area contributed by atoms with Crippen LogP contribution >= 0.6 is 24.8 Å². The zero-order chi connectivity index (χ0) is 47.9. The van der Waals surface area contributed by atoms with Crippen LogP contribution in [0.15, 0.2) is 120 Å². The fourth-order valence-electron chi connectivity index (χ4n) is 6.16. The number of oxime groups is 2. The largest absolute Gasteiger partial charge is 0.460 e. The van der Waals surface area contributed by atoms with Crippen LogP contribution in [0.3, 0.4) is 0 Å². The maximum Gasteiger partial charge on any atom is 0.307 e. The molecule has 0 fully saturated rings. The van der Waals surface area contributed by atoms with Crippen molar-refractivity contribution in [3.05, 3.63) is 143 Å². The normalized spacial score (nSPS) is 13.0. The number of ether oxygens (including phenoxy) is 1. The maximum atomic E-state index is 13.0. The lowest BCUT2D eigenvalue weighted by atomic mass is 9.95. The summed E-state index contributed by atoms with van der Waals surface area (Å²) in [6, 6.07) is 31.0. The molecule has 0 aliphatic heterocycles. The quantitative estimate of drug-likeness (QED) is 0.0194. The number of nitrogens with two attached hydrogens (primary N) is 3. The van der Waals surface area contributed by atoms with Crippen molar-refractivity contribution in [1.29, 1.82) is 0 Å². The Morgan fingerprint density at radius 2 is 0.970 bits per heavy atom. The smallest absolute Gasteiger partial charge is 0.307 e. The zero-order valence-electron chi connectivity index (χ0n) is 38.4. The first kappa shape index (κ1) is 58.3. The molecule has 0 aliphatic rings. The molecular weight excluding hydrogens is 901 g/mol. The SMILES string of the molecule is C[C@H](NC(=O)[C@@H](CCc1ccccc1)CC(=O)OC(C)(C)C)C(=O)NCc1ccc(C(N)=NO)cc1.C[C@H](NC(=O)[C@H](N)CCc1ccccc1)C(=O)NCc1ccc(C(N)=NO)cc1.Cl.Cl. The third kappa shape index (κ3) is 21.9. The summed E-state index contributed by atoms with van der Waals surface area (Å²) in [5, 5.41) is 34.2. The minimum atomic E-state index is -0.799. The summed E-state index contributed by atoms with van der Waals surface area (Å²) in [6.45, 7) is 9.06. The van der Waals surface area contributed by atoms with E-state index >= 15 is 0 Å². The second-order valence-electron chi connectivity index (χ2n) is 16.4. The van der Waals surface area contributed by atoms with Crippen molar-refractivity contribution in [1.82, 2.24) is 21.3 Å². The molecule has 0 spiro atoms. The molecule has 4 aromatic carbocycles. The van der Waals surface area contributed by atoms with Gasteiger partial charge >= 0.3 is 5.97 Å². The van der Waals surface area contributed by atoms with Gasteiger partial charge in [0.15, 0.2) is 11.7 Å². The Bertz CT molecular complexity index is 2210. The molecule has 4 rings (SSSR count). The first-order chi connectivity index (χ1) is 30.9. The number of amidine groups is 2. The van der Waals surface area contributed by atoms with Crippen LogP contribution in [0.2, 0.25) is 0 Å². The van der Waals surface area contributed by atoms with Crippen molar-refractivity contribution in [3.8, 4) is 0 Å². The van der Waals surface area contributed by atoms with E-state index in [0.717, 1.165) is 22.3 Å². The van der Waals surface area contributed by atoms with E-state index in [4.69, 9.17) is 32.4 Å². The van der Waals surface area contributed by atoms with Crippen LogP contribution in [0, 0.1) is 5.92 Å². The Morgan fingerprint density at radius 1 is 0.582 bits per heavy atom. The predicted octanol–water partition coefficient (Wildman–Crippen LogP) is 4.59. The first-order valence-corrected chi connectivity index (χ1v) is 21.2. The van der Waals surface area contributed by atoms with Crippen molar-refractivity contribution in [2.24, 2.45) is 33.4 Å². The number of hydrogen-bond donors (Lipinski definition) is 9. The van der Waals surface area contributed by atoms with Gasteiger partial charge in [0.25, 0.3) is 0 Å². The molecule has 67 heavy (non-hydrogen) atoms. The molecule has 0 aromatic heterocycles. The Kier molecular flexibility index (Phi) is 25.9. The molecule has 4 amide bonds. The summed E-state index contributed by atoms with van der Waals surface area (Å²) in [5.41, 5.74) is 21.3. The highest BCUT2D eigenvalue weighted by Gasteiger charge is 2.28. The fraction of sp³-hybridized carbons (Fsp3) is 0.354. The van der Waals surface area contributed by atoms with Gasteiger partial charge in [-0.1, -0.05) is 120 Å². The van der Waals surface area contributed by atoms with Gasteiger partial charge in [-0.05, 0) is 82.6 Å². The van der Waals surface area contributed by atoms with Gasteiger partial charge in [0.1, 0.15) is 17.7 Å². The minimum absolute atomic E-state index is 0. The molecule has 17 nitrogen and oxygen atoms in total. The number of halogens is 2. The summed E-state index contributed by atoms with van der Waals surface area (Å²) >= 11 is 0. The number of amides is 4. The summed E-state index contributed by atoms with van der Waals surface area (Å²) in [7, 11) is 0. The van der Waals surface area contributed by atoms with Gasteiger partial charge in [-0.2, -0.15) is 0 Å². The molecule has 0 saturated carbocycles. The van der Waals surface area contributed by atoms with Crippen LogP contribution < -0.4 is 38.5 Å². The van der Waals surface area contributed by atoms with Crippen LogP contribution in [-0.4, -0.2) is 75.4 Å². The molecule has 0 radical (unpaired) electrons. The first-order valence-electron chi connectivity index (χ1n) is 21.2. The summed E-state index contributed by atoms with van der Waals surface area (Å²) < 4.78 is 5.41. The van der Waals surface area contributed by atoms with Crippen LogP contribution in [0.4, 0.5) is 0 Å². The molecule has 364 valence electrons. The molecule has 4 atom stereocenters. The highest BCUT2D eigenvalue weighted by Crippen LogP contribution is 2.18. The van der Waals surface area contributed by atoms with Gasteiger partial charge in [-0.15, -0.1) is 24.8 Å². The van der Waals surface area contributed by atoms with Crippen LogP contribution in [0.5, 0.6) is 0 Å². The molecule has 0 aliphatic carbocycles. The minimum Gasteiger partial charge on any atom is -0.460 e. The molecule has 0 saturated heterocycles. The number of nitrogens with zero attached hydrogens (tertiary/aromatic N) is 2. The second-order valence-corrected chi connectivity index (χ2v) is 16.4. The Hall–Kier alpha value is -6.69. The lowest BCUT2D eigenvalue weighted by Crippen LogP contribution is -2.50. The van der Waals surface area contributed by atoms with Crippen LogP contribution in [0.25, 0.3) is 0 Å².